The van der Waals surface area contributed by atoms with E-state index in [-0.39, 0.29) is 11.1 Å². The van der Waals surface area contributed by atoms with Gasteiger partial charge in [-0.15, -0.1) is 0 Å². The molecule has 1 aliphatic rings. The number of hydrogen-bond acceptors (Lipinski definition) is 3. The molecule has 0 amide bonds. The van der Waals surface area contributed by atoms with E-state index in [9.17, 15) is 0 Å². The minimum Gasteiger partial charge on any atom is -0.317 e. The normalized spacial score (nSPS) is 15.6. The van der Waals surface area contributed by atoms with Crippen molar-refractivity contribution < 1.29 is 0 Å². The van der Waals surface area contributed by atoms with Crippen LogP contribution in [0.2, 0.25) is 0 Å². The molecule has 1 aromatic heterocycles. The van der Waals surface area contributed by atoms with E-state index < -0.39 is 0 Å². The van der Waals surface area contributed by atoms with Crippen molar-refractivity contribution in [2.45, 2.75) is 38.8 Å². The molecule has 0 unspecified atom stereocenters. The highest BCUT2D eigenvalue weighted by molar-refractivity contribution is 6.22. The second-order valence-electron chi connectivity index (χ2n) is 13.1. The van der Waals surface area contributed by atoms with E-state index in [4.69, 9.17) is 9.98 Å². The van der Waals surface area contributed by atoms with Crippen LogP contribution in [0.25, 0.3) is 54.6 Å². The maximum Gasteiger partial charge on any atom is 0.155 e. The van der Waals surface area contributed by atoms with Gasteiger partial charge in [-0.1, -0.05) is 109 Å². The molecule has 0 radical (unpaired) electrons. The van der Waals surface area contributed by atoms with Gasteiger partial charge in [0.15, 0.2) is 5.84 Å². The van der Waals surface area contributed by atoms with Crippen LogP contribution >= 0.6 is 0 Å². The molecule has 45 heavy (non-hydrogen) atoms. The number of para-hydroxylation sites is 1. The third-order valence-electron chi connectivity index (χ3n) is 9.92. The molecule has 6 aromatic carbocycles. The summed E-state index contributed by atoms with van der Waals surface area (Å²) in [7, 11) is 0. The maximum absolute atomic E-state index is 5.25. The Morgan fingerprint density at radius 3 is 1.64 bits per heavy atom. The molecule has 218 valence electrons. The lowest BCUT2D eigenvalue weighted by Gasteiger charge is -2.41. The number of aromatic nitrogens is 1. The van der Waals surface area contributed by atoms with E-state index in [1.807, 2.05) is 6.20 Å². The minimum absolute atomic E-state index is 0.227. The second-order valence-corrected chi connectivity index (χ2v) is 13.1. The lowest BCUT2D eigenvalue weighted by molar-refractivity contribution is 0.338. The van der Waals surface area contributed by atoms with E-state index in [2.05, 4.69) is 166 Å². The summed E-state index contributed by atoms with van der Waals surface area (Å²) in [5.41, 5.74) is 6.29. The van der Waals surface area contributed by atoms with Crippen molar-refractivity contribution in [3.63, 3.8) is 0 Å². The number of nitrogens with zero attached hydrogens (tertiary/aromatic N) is 3. The van der Waals surface area contributed by atoms with Gasteiger partial charge in [-0.25, -0.2) is 0 Å². The summed E-state index contributed by atoms with van der Waals surface area (Å²) in [5, 5.41) is 7.43. The van der Waals surface area contributed by atoms with Crippen LogP contribution in [0.4, 0.5) is 5.69 Å². The number of benzene rings is 6. The van der Waals surface area contributed by atoms with Crippen molar-refractivity contribution in [2.24, 2.45) is 4.99 Å². The summed E-state index contributed by atoms with van der Waals surface area (Å²) in [6.45, 7) is 8.94. The fraction of sp³-hybridized carbons (Fsp3) is 0.143. The first-order chi connectivity index (χ1) is 21.8. The molecule has 1 aliphatic heterocycles. The smallest absolute Gasteiger partial charge is 0.155 e. The molecule has 3 nitrogen and oxygen atoms in total. The maximum atomic E-state index is 5.25. The molecular weight excluding hydrogens is 546 g/mol. The number of anilines is 1. The van der Waals surface area contributed by atoms with Crippen LogP contribution in [0, 0.1) is 0 Å². The van der Waals surface area contributed by atoms with E-state index in [0.717, 1.165) is 22.8 Å². The summed E-state index contributed by atoms with van der Waals surface area (Å²) < 4.78 is 0. The van der Waals surface area contributed by atoms with Gasteiger partial charge in [0.25, 0.3) is 0 Å². The van der Waals surface area contributed by atoms with Gasteiger partial charge in [0.2, 0.25) is 0 Å². The fourth-order valence-corrected chi connectivity index (χ4v) is 6.95. The van der Waals surface area contributed by atoms with Crippen LogP contribution in [0.5, 0.6) is 0 Å². The Balaban J connectivity index is 1.30. The summed E-state index contributed by atoms with van der Waals surface area (Å²) >= 11 is 0. The van der Waals surface area contributed by atoms with Gasteiger partial charge < -0.3 is 4.90 Å². The number of hydrogen-bond donors (Lipinski definition) is 0. The van der Waals surface area contributed by atoms with Crippen molar-refractivity contribution in [1.29, 1.82) is 0 Å². The molecule has 0 atom stereocenters. The van der Waals surface area contributed by atoms with Crippen LogP contribution in [0.15, 0.2) is 145 Å². The number of fused-ring (bicyclic) bond motifs is 3. The Labute approximate surface area is 264 Å². The van der Waals surface area contributed by atoms with Crippen molar-refractivity contribution >= 4 is 43.8 Å². The zero-order valence-corrected chi connectivity index (χ0v) is 26.1. The van der Waals surface area contributed by atoms with Crippen LogP contribution in [0.1, 0.15) is 33.4 Å². The number of rotatable bonds is 4. The molecule has 7 aromatic rings. The number of aliphatic imine (C=N–C) groups is 1. The Bertz CT molecular complexity index is 2200. The van der Waals surface area contributed by atoms with Crippen LogP contribution < -0.4 is 4.90 Å². The van der Waals surface area contributed by atoms with E-state index in [1.165, 1.54) is 49.0 Å². The molecule has 8 rings (SSSR count). The van der Waals surface area contributed by atoms with Gasteiger partial charge >= 0.3 is 0 Å². The summed E-state index contributed by atoms with van der Waals surface area (Å²) in [6, 6.07) is 47.9. The van der Waals surface area contributed by atoms with E-state index in [1.54, 1.807) is 0 Å². The molecule has 0 fully saturated rings. The largest absolute Gasteiger partial charge is 0.317 e. The lowest BCUT2D eigenvalue weighted by Crippen LogP contribution is -2.53. The standard InChI is InChI=1S/C42H35N3/c1-41(2)42(3,4)45(32-16-6-5-7-17-32)40(44-41)37-25-24-31(27-43-37)39-35-20-12-10-18-33(35)38(34-19-11-13-21-36(34)39)30-23-22-28-14-8-9-15-29(28)26-30/h5-27H,1-4H3. The molecule has 0 saturated carbocycles. The topological polar surface area (TPSA) is 28.5 Å². The predicted octanol–water partition coefficient (Wildman–Crippen LogP) is 10.7. The first-order valence-electron chi connectivity index (χ1n) is 15.7. The molecule has 0 saturated heterocycles. The van der Waals surface area contributed by atoms with Crippen molar-refractivity contribution in [2.75, 3.05) is 4.90 Å². The number of amidine groups is 1. The molecule has 0 aliphatic carbocycles. The zero-order chi connectivity index (χ0) is 30.8. The molecular formula is C42H35N3. The van der Waals surface area contributed by atoms with Crippen molar-refractivity contribution in [1.82, 2.24) is 4.98 Å². The fourth-order valence-electron chi connectivity index (χ4n) is 6.95. The van der Waals surface area contributed by atoms with Gasteiger partial charge in [0.05, 0.1) is 11.1 Å². The van der Waals surface area contributed by atoms with Crippen LogP contribution in [-0.2, 0) is 0 Å². The van der Waals surface area contributed by atoms with Crippen LogP contribution in [0.3, 0.4) is 0 Å². The van der Waals surface area contributed by atoms with Gasteiger partial charge in [0.1, 0.15) is 5.69 Å². The average Bonchev–Trinajstić information content (AvgIpc) is 3.26. The predicted molar refractivity (Wildman–Crippen MR) is 191 cm³/mol. The number of pyridine rings is 1. The Hall–Kier alpha value is -5.28. The lowest BCUT2D eigenvalue weighted by atomic mass is 9.83. The molecule has 0 bridgehead atoms. The van der Waals surface area contributed by atoms with Gasteiger partial charge in [-0.3, -0.25) is 9.98 Å². The van der Waals surface area contributed by atoms with E-state index in [0.29, 0.717) is 0 Å². The Kier molecular flexibility index (Phi) is 6.15. The first kappa shape index (κ1) is 27.3. The summed E-state index contributed by atoms with van der Waals surface area (Å²) in [5.74, 6) is 0.907. The Morgan fingerprint density at radius 2 is 1.04 bits per heavy atom. The highest BCUT2D eigenvalue weighted by Crippen LogP contribution is 2.45. The van der Waals surface area contributed by atoms with E-state index >= 15 is 0 Å². The summed E-state index contributed by atoms with van der Waals surface area (Å²) in [6.07, 6.45) is 2.03. The molecule has 3 heteroatoms. The van der Waals surface area contributed by atoms with Gasteiger partial charge in [-0.2, -0.15) is 0 Å². The molecule has 0 N–H and O–H groups in total. The average molecular weight is 582 g/mol. The minimum atomic E-state index is -0.288. The molecule has 0 spiro atoms. The zero-order valence-electron chi connectivity index (χ0n) is 26.1. The monoisotopic (exact) mass is 581 g/mol. The third kappa shape index (κ3) is 4.26. The SMILES string of the molecule is CC1(C)N=C(c2ccc(-c3c4ccccc4c(-c4ccc5ccccc5c4)c4ccccc34)cn2)N(c2ccccc2)C1(C)C. The third-order valence-corrected chi connectivity index (χ3v) is 9.92. The first-order valence-corrected chi connectivity index (χ1v) is 15.7. The quantitative estimate of drug-likeness (QED) is 0.193. The van der Waals surface area contributed by atoms with Gasteiger partial charge in [0, 0.05) is 17.4 Å². The van der Waals surface area contributed by atoms with Gasteiger partial charge in [-0.05, 0) is 101 Å². The second kappa shape index (κ2) is 10.1. The summed E-state index contributed by atoms with van der Waals surface area (Å²) in [4.78, 5) is 12.7. The highest BCUT2D eigenvalue weighted by atomic mass is 15.3. The van der Waals surface area contributed by atoms with Crippen molar-refractivity contribution in [3.05, 3.63) is 145 Å². The Morgan fingerprint density at radius 1 is 0.511 bits per heavy atom. The molecule has 2 heterocycles. The van der Waals surface area contributed by atoms with Crippen molar-refractivity contribution in [3.8, 4) is 22.3 Å². The van der Waals surface area contributed by atoms with Crippen LogP contribution in [-0.4, -0.2) is 21.9 Å². The highest BCUT2D eigenvalue weighted by Gasteiger charge is 2.50.